The minimum atomic E-state index is -0.253. The van der Waals surface area contributed by atoms with Crippen molar-refractivity contribution in [2.24, 2.45) is 0 Å². The van der Waals surface area contributed by atoms with Gasteiger partial charge in [0, 0.05) is 28.8 Å². The lowest BCUT2D eigenvalue weighted by Gasteiger charge is -2.10. The van der Waals surface area contributed by atoms with Crippen LogP contribution in [-0.2, 0) is 0 Å². The van der Waals surface area contributed by atoms with E-state index in [1.165, 1.54) is 12.4 Å². The molecule has 23 heavy (non-hydrogen) atoms. The van der Waals surface area contributed by atoms with Crippen molar-refractivity contribution in [3.05, 3.63) is 46.3 Å². The Kier molecular flexibility index (Phi) is 6.15. The van der Waals surface area contributed by atoms with Gasteiger partial charge in [-0.1, -0.05) is 23.2 Å². The molecule has 1 amide bonds. The maximum absolute atomic E-state index is 11.9. The van der Waals surface area contributed by atoms with Crippen molar-refractivity contribution in [1.29, 1.82) is 0 Å². The summed E-state index contributed by atoms with van der Waals surface area (Å²) in [4.78, 5) is 22.1. The zero-order chi connectivity index (χ0) is 16.8. The average molecular weight is 354 g/mol. The SMILES string of the molecule is CN(C)CCNC(=O)c1cnc(Nc2cc(Cl)cc(Cl)c2)cn1. The predicted molar refractivity (Wildman–Crippen MR) is 92.7 cm³/mol. The van der Waals surface area contributed by atoms with Gasteiger partial charge in [-0.15, -0.1) is 0 Å². The van der Waals surface area contributed by atoms with E-state index < -0.39 is 0 Å². The molecule has 1 aromatic carbocycles. The monoisotopic (exact) mass is 353 g/mol. The van der Waals surface area contributed by atoms with Crippen molar-refractivity contribution < 1.29 is 4.79 Å². The molecule has 0 aliphatic heterocycles. The third kappa shape index (κ3) is 5.67. The minimum absolute atomic E-state index is 0.253. The fraction of sp³-hybridized carbons (Fsp3) is 0.267. The first-order valence-corrected chi connectivity index (χ1v) is 7.68. The number of rotatable bonds is 6. The van der Waals surface area contributed by atoms with Gasteiger partial charge in [0.2, 0.25) is 0 Å². The number of carbonyl (C=O) groups is 1. The van der Waals surface area contributed by atoms with Gasteiger partial charge in [-0.05, 0) is 32.3 Å². The lowest BCUT2D eigenvalue weighted by Crippen LogP contribution is -2.31. The molecule has 0 aliphatic rings. The first-order valence-electron chi connectivity index (χ1n) is 6.92. The van der Waals surface area contributed by atoms with Gasteiger partial charge in [-0.25, -0.2) is 9.97 Å². The summed E-state index contributed by atoms with van der Waals surface area (Å²) >= 11 is 11.9. The molecule has 0 atom stereocenters. The highest BCUT2D eigenvalue weighted by atomic mass is 35.5. The molecule has 122 valence electrons. The lowest BCUT2D eigenvalue weighted by molar-refractivity contribution is 0.0945. The van der Waals surface area contributed by atoms with E-state index in [9.17, 15) is 4.79 Å². The Labute approximate surface area is 144 Å². The molecule has 1 aromatic heterocycles. The molecule has 1 heterocycles. The largest absolute Gasteiger partial charge is 0.349 e. The molecule has 0 spiro atoms. The van der Waals surface area contributed by atoms with Gasteiger partial charge in [-0.2, -0.15) is 0 Å². The number of likely N-dealkylation sites (N-methyl/N-ethyl adjacent to an activating group) is 1. The summed E-state index contributed by atoms with van der Waals surface area (Å²) in [5.74, 6) is 0.241. The van der Waals surface area contributed by atoms with Crippen molar-refractivity contribution in [1.82, 2.24) is 20.2 Å². The van der Waals surface area contributed by atoms with Crippen LogP contribution < -0.4 is 10.6 Å². The zero-order valence-corrected chi connectivity index (χ0v) is 14.3. The van der Waals surface area contributed by atoms with E-state index in [0.717, 1.165) is 6.54 Å². The smallest absolute Gasteiger partial charge is 0.271 e. The highest BCUT2D eigenvalue weighted by Crippen LogP contribution is 2.24. The Hall–Kier alpha value is -1.89. The maximum atomic E-state index is 11.9. The van der Waals surface area contributed by atoms with Crippen LogP contribution in [0.15, 0.2) is 30.6 Å². The first kappa shape index (κ1) is 17.5. The molecule has 6 nitrogen and oxygen atoms in total. The van der Waals surface area contributed by atoms with Crippen LogP contribution in [0.5, 0.6) is 0 Å². The van der Waals surface area contributed by atoms with Crippen LogP contribution >= 0.6 is 23.2 Å². The Morgan fingerprint density at radius 2 is 1.83 bits per heavy atom. The van der Waals surface area contributed by atoms with Gasteiger partial charge in [0.15, 0.2) is 0 Å². The third-order valence-electron chi connectivity index (χ3n) is 2.86. The van der Waals surface area contributed by atoms with E-state index >= 15 is 0 Å². The number of hydrogen-bond donors (Lipinski definition) is 2. The number of nitrogens with one attached hydrogen (secondary N) is 2. The van der Waals surface area contributed by atoms with Gasteiger partial charge in [-0.3, -0.25) is 4.79 Å². The normalized spacial score (nSPS) is 10.7. The second-order valence-electron chi connectivity index (χ2n) is 5.13. The van der Waals surface area contributed by atoms with Crippen LogP contribution in [-0.4, -0.2) is 48.0 Å². The van der Waals surface area contributed by atoms with Gasteiger partial charge >= 0.3 is 0 Å². The minimum Gasteiger partial charge on any atom is -0.349 e. The van der Waals surface area contributed by atoms with Crippen molar-refractivity contribution in [2.45, 2.75) is 0 Å². The van der Waals surface area contributed by atoms with Gasteiger partial charge < -0.3 is 15.5 Å². The van der Waals surface area contributed by atoms with E-state index in [4.69, 9.17) is 23.2 Å². The van der Waals surface area contributed by atoms with Crippen molar-refractivity contribution >= 4 is 40.6 Å². The number of halogens is 2. The number of carbonyl (C=O) groups excluding carboxylic acids is 1. The van der Waals surface area contributed by atoms with E-state index in [2.05, 4.69) is 20.6 Å². The van der Waals surface area contributed by atoms with Crippen molar-refractivity contribution in [3.63, 3.8) is 0 Å². The second-order valence-corrected chi connectivity index (χ2v) is 6.00. The highest BCUT2D eigenvalue weighted by Gasteiger charge is 2.08. The predicted octanol–water partition coefficient (Wildman–Crippen LogP) is 2.82. The fourth-order valence-corrected chi connectivity index (χ4v) is 2.29. The van der Waals surface area contributed by atoms with Gasteiger partial charge in [0.25, 0.3) is 5.91 Å². The molecule has 2 N–H and O–H groups in total. The summed E-state index contributed by atoms with van der Waals surface area (Å²) in [5.41, 5.74) is 0.957. The molecule has 2 rings (SSSR count). The molecular weight excluding hydrogens is 337 g/mol. The number of hydrogen-bond acceptors (Lipinski definition) is 5. The Bertz CT molecular complexity index is 656. The number of nitrogens with zero attached hydrogens (tertiary/aromatic N) is 3. The summed E-state index contributed by atoms with van der Waals surface area (Å²) in [6, 6.07) is 5.08. The molecule has 0 unspecified atom stereocenters. The summed E-state index contributed by atoms with van der Waals surface area (Å²) in [6.07, 6.45) is 2.90. The van der Waals surface area contributed by atoms with E-state index in [1.54, 1.807) is 18.2 Å². The quantitative estimate of drug-likeness (QED) is 0.835. The van der Waals surface area contributed by atoms with E-state index in [-0.39, 0.29) is 11.6 Å². The Morgan fingerprint density at radius 3 is 2.39 bits per heavy atom. The molecule has 0 saturated carbocycles. The van der Waals surface area contributed by atoms with Crippen LogP contribution in [0, 0.1) is 0 Å². The van der Waals surface area contributed by atoms with Crippen LogP contribution in [0.1, 0.15) is 10.5 Å². The van der Waals surface area contributed by atoms with Crippen LogP contribution in [0.2, 0.25) is 10.0 Å². The van der Waals surface area contributed by atoms with Gasteiger partial charge in [0.05, 0.1) is 12.4 Å². The standard InChI is InChI=1S/C15H17Cl2N5O/c1-22(2)4-3-18-15(23)13-8-20-14(9-19-13)21-12-6-10(16)5-11(17)7-12/h5-9H,3-4H2,1-2H3,(H,18,23)(H,20,21). The summed E-state index contributed by atoms with van der Waals surface area (Å²) in [6.45, 7) is 1.31. The molecule has 0 aliphatic carbocycles. The molecule has 0 bridgehead atoms. The van der Waals surface area contributed by atoms with Gasteiger partial charge in [0.1, 0.15) is 11.5 Å². The fourth-order valence-electron chi connectivity index (χ4n) is 1.77. The molecule has 0 saturated heterocycles. The van der Waals surface area contributed by atoms with E-state index in [1.807, 2.05) is 19.0 Å². The Morgan fingerprint density at radius 1 is 1.13 bits per heavy atom. The molecule has 2 aromatic rings. The average Bonchev–Trinajstić information content (AvgIpc) is 2.46. The molecule has 8 heteroatoms. The number of anilines is 2. The maximum Gasteiger partial charge on any atom is 0.271 e. The number of aromatic nitrogens is 2. The second kappa shape index (κ2) is 8.10. The molecular formula is C15H17Cl2N5O. The molecule has 0 radical (unpaired) electrons. The van der Waals surface area contributed by atoms with Crippen LogP contribution in [0.25, 0.3) is 0 Å². The third-order valence-corrected chi connectivity index (χ3v) is 3.30. The van der Waals surface area contributed by atoms with Crippen molar-refractivity contribution in [3.8, 4) is 0 Å². The summed E-state index contributed by atoms with van der Waals surface area (Å²) in [7, 11) is 3.88. The van der Waals surface area contributed by atoms with Crippen molar-refractivity contribution in [2.75, 3.05) is 32.5 Å². The van der Waals surface area contributed by atoms with E-state index in [0.29, 0.717) is 28.1 Å². The topological polar surface area (TPSA) is 70.2 Å². The highest BCUT2D eigenvalue weighted by molar-refractivity contribution is 6.35. The summed E-state index contributed by atoms with van der Waals surface area (Å²) in [5, 5.41) is 6.84. The first-order chi connectivity index (χ1) is 10.9. The number of benzene rings is 1. The Balaban J connectivity index is 1.97. The van der Waals surface area contributed by atoms with Crippen LogP contribution in [0.3, 0.4) is 0 Å². The molecule has 0 fully saturated rings. The number of amides is 1. The summed E-state index contributed by atoms with van der Waals surface area (Å²) < 4.78 is 0. The lowest BCUT2D eigenvalue weighted by atomic mass is 10.3. The zero-order valence-electron chi connectivity index (χ0n) is 12.8. The van der Waals surface area contributed by atoms with Crippen LogP contribution in [0.4, 0.5) is 11.5 Å².